The molecule has 5 nitrogen and oxygen atoms in total. The summed E-state index contributed by atoms with van der Waals surface area (Å²) < 4.78 is 0. The van der Waals surface area contributed by atoms with Crippen molar-refractivity contribution in [1.82, 2.24) is 14.9 Å². The average molecular weight is 266 g/mol. The maximum atomic E-state index is 11.9. The van der Waals surface area contributed by atoms with Crippen LogP contribution >= 0.6 is 11.8 Å². The Morgan fingerprint density at radius 2 is 2.17 bits per heavy atom. The summed E-state index contributed by atoms with van der Waals surface area (Å²) in [5, 5.41) is 0.671. The first-order valence-electron chi connectivity index (χ1n) is 6.03. The van der Waals surface area contributed by atoms with E-state index in [0.717, 1.165) is 24.4 Å². The monoisotopic (exact) mass is 266 g/mol. The van der Waals surface area contributed by atoms with Gasteiger partial charge in [-0.15, -0.1) is 0 Å². The molecule has 0 spiro atoms. The highest BCUT2D eigenvalue weighted by molar-refractivity contribution is 7.99. The van der Waals surface area contributed by atoms with Crippen LogP contribution in [0.1, 0.15) is 17.8 Å². The minimum atomic E-state index is 0.121. The van der Waals surface area contributed by atoms with E-state index in [1.54, 1.807) is 0 Å². The average Bonchev–Trinajstić information content (AvgIpc) is 2.71. The van der Waals surface area contributed by atoms with E-state index in [0.29, 0.717) is 17.5 Å². The Morgan fingerprint density at radius 3 is 2.72 bits per heavy atom. The molecule has 1 fully saturated rings. The predicted octanol–water partition coefficient (Wildman–Crippen LogP) is 0.745. The predicted molar refractivity (Wildman–Crippen MR) is 71.4 cm³/mol. The molecule has 0 aromatic carbocycles. The summed E-state index contributed by atoms with van der Waals surface area (Å²) in [4.78, 5) is 22.4. The molecule has 0 unspecified atom stereocenters. The van der Waals surface area contributed by atoms with E-state index in [1.165, 1.54) is 11.8 Å². The Balaban J connectivity index is 1.89. The first-order valence-corrected chi connectivity index (χ1v) is 7.01. The number of amides is 1. The molecule has 0 aliphatic carbocycles. The summed E-state index contributed by atoms with van der Waals surface area (Å²) in [6, 6.07) is 2.06. The molecular weight excluding hydrogens is 248 g/mol. The molecule has 1 atom stereocenters. The number of aryl methyl sites for hydroxylation is 2. The fraction of sp³-hybridized carbons (Fsp3) is 0.583. The van der Waals surface area contributed by atoms with Crippen LogP contribution in [0.25, 0.3) is 0 Å². The van der Waals surface area contributed by atoms with Crippen LogP contribution in [0.3, 0.4) is 0 Å². The molecule has 1 amide bonds. The Bertz CT molecular complexity index is 431. The van der Waals surface area contributed by atoms with Gasteiger partial charge < -0.3 is 10.6 Å². The summed E-state index contributed by atoms with van der Waals surface area (Å²) >= 11 is 1.39. The van der Waals surface area contributed by atoms with Gasteiger partial charge in [-0.25, -0.2) is 9.97 Å². The Hall–Kier alpha value is -1.14. The lowest BCUT2D eigenvalue weighted by molar-refractivity contribution is -0.127. The topological polar surface area (TPSA) is 72.1 Å². The van der Waals surface area contributed by atoms with Crippen molar-refractivity contribution in [3.63, 3.8) is 0 Å². The fourth-order valence-electron chi connectivity index (χ4n) is 1.99. The second-order valence-corrected chi connectivity index (χ2v) is 5.55. The third-order valence-corrected chi connectivity index (χ3v) is 3.70. The van der Waals surface area contributed by atoms with Gasteiger partial charge in [0.2, 0.25) is 5.91 Å². The van der Waals surface area contributed by atoms with Crippen LogP contribution in [0.4, 0.5) is 0 Å². The highest BCUT2D eigenvalue weighted by Gasteiger charge is 2.23. The highest BCUT2D eigenvalue weighted by atomic mass is 32.2. The lowest BCUT2D eigenvalue weighted by Crippen LogP contribution is -2.33. The van der Waals surface area contributed by atoms with Gasteiger partial charge in [0.05, 0.1) is 5.75 Å². The fourth-order valence-corrected chi connectivity index (χ4v) is 2.84. The Labute approximate surface area is 111 Å². The molecule has 2 heterocycles. The van der Waals surface area contributed by atoms with Crippen LogP contribution in [0, 0.1) is 13.8 Å². The van der Waals surface area contributed by atoms with Crippen LogP contribution in [-0.4, -0.2) is 45.7 Å². The van der Waals surface area contributed by atoms with Gasteiger partial charge in [-0.2, -0.15) is 0 Å². The number of aromatic nitrogens is 2. The van der Waals surface area contributed by atoms with Crippen LogP contribution in [0.15, 0.2) is 11.2 Å². The van der Waals surface area contributed by atoms with Crippen LogP contribution < -0.4 is 5.73 Å². The number of hydrogen-bond acceptors (Lipinski definition) is 5. The molecule has 0 bridgehead atoms. The second kappa shape index (κ2) is 5.67. The number of thioether (sulfide) groups is 1. The number of nitrogens with two attached hydrogens (primary N) is 1. The third kappa shape index (κ3) is 3.43. The lowest BCUT2D eigenvalue weighted by atomic mass is 10.3. The molecule has 1 aromatic rings. The zero-order valence-electron chi connectivity index (χ0n) is 10.7. The third-order valence-electron chi connectivity index (χ3n) is 2.86. The van der Waals surface area contributed by atoms with Crippen LogP contribution in [0.5, 0.6) is 0 Å². The largest absolute Gasteiger partial charge is 0.340 e. The first-order chi connectivity index (χ1) is 8.54. The summed E-state index contributed by atoms with van der Waals surface area (Å²) in [6.07, 6.45) is 0.899. The molecule has 18 heavy (non-hydrogen) atoms. The zero-order chi connectivity index (χ0) is 13.1. The van der Waals surface area contributed by atoms with Gasteiger partial charge in [0.25, 0.3) is 0 Å². The number of carbonyl (C=O) groups excluding carboxylic acids is 1. The van der Waals surface area contributed by atoms with Gasteiger partial charge >= 0.3 is 0 Å². The molecular formula is C12H18N4OS. The molecule has 6 heteroatoms. The zero-order valence-corrected chi connectivity index (χ0v) is 11.5. The van der Waals surface area contributed by atoms with E-state index >= 15 is 0 Å². The molecule has 1 saturated heterocycles. The minimum Gasteiger partial charge on any atom is -0.340 e. The second-order valence-electron chi connectivity index (χ2n) is 4.61. The van der Waals surface area contributed by atoms with Crippen molar-refractivity contribution in [1.29, 1.82) is 0 Å². The minimum absolute atomic E-state index is 0.121. The van der Waals surface area contributed by atoms with Crippen molar-refractivity contribution in [2.45, 2.75) is 31.5 Å². The normalized spacial score (nSPS) is 19.3. The van der Waals surface area contributed by atoms with Crippen LogP contribution in [-0.2, 0) is 4.79 Å². The maximum Gasteiger partial charge on any atom is 0.233 e. The van der Waals surface area contributed by atoms with Gasteiger partial charge in [-0.05, 0) is 26.3 Å². The van der Waals surface area contributed by atoms with Crippen molar-refractivity contribution in [2.24, 2.45) is 5.73 Å². The number of rotatable bonds is 3. The van der Waals surface area contributed by atoms with E-state index in [4.69, 9.17) is 5.73 Å². The van der Waals surface area contributed by atoms with E-state index < -0.39 is 0 Å². The number of nitrogens with zero attached hydrogens (tertiary/aromatic N) is 3. The molecule has 1 aromatic heterocycles. The van der Waals surface area contributed by atoms with Gasteiger partial charge in [0.1, 0.15) is 0 Å². The summed E-state index contributed by atoms with van der Waals surface area (Å²) in [6.45, 7) is 5.31. The Kier molecular flexibility index (Phi) is 4.19. The molecule has 2 N–H and O–H groups in total. The highest BCUT2D eigenvalue weighted by Crippen LogP contribution is 2.16. The smallest absolute Gasteiger partial charge is 0.233 e. The number of carbonyl (C=O) groups is 1. The summed E-state index contributed by atoms with van der Waals surface area (Å²) in [5.41, 5.74) is 7.65. The van der Waals surface area contributed by atoms with Crippen molar-refractivity contribution in [2.75, 3.05) is 18.8 Å². The Morgan fingerprint density at radius 1 is 1.50 bits per heavy atom. The van der Waals surface area contributed by atoms with E-state index in [-0.39, 0.29) is 11.9 Å². The molecule has 98 valence electrons. The maximum absolute atomic E-state index is 11.9. The van der Waals surface area contributed by atoms with Crippen molar-refractivity contribution in [3.8, 4) is 0 Å². The molecule has 1 aliphatic rings. The molecule has 0 radical (unpaired) electrons. The van der Waals surface area contributed by atoms with E-state index in [2.05, 4.69) is 9.97 Å². The van der Waals surface area contributed by atoms with Gasteiger partial charge in [-0.1, -0.05) is 11.8 Å². The van der Waals surface area contributed by atoms with Crippen LogP contribution in [0.2, 0.25) is 0 Å². The first kappa shape index (κ1) is 13.3. The molecule has 2 rings (SSSR count). The SMILES string of the molecule is Cc1cc(C)nc(SCC(=O)N2CC[C@@H](N)C2)n1. The standard InChI is InChI=1S/C12H18N4OS/c1-8-5-9(2)15-12(14-8)18-7-11(17)16-4-3-10(13)6-16/h5,10H,3-4,6-7,13H2,1-2H3/t10-/m1/s1. The van der Waals surface area contributed by atoms with Gasteiger partial charge in [-0.3, -0.25) is 4.79 Å². The molecule has 0 saturated carbocycles. The lowest BCUT2D eigenvalue weighted by Gasteiger charge is -2.15. The van der Waals surface area contributed by atoms with E-state index in [9.17, 15) is 4.79 Å². The van der Waals surface area contributed by atoms with Crippen molar-refractivity contribution in [3.05, 3.63) is 17.5 Å². The van der Waals surface area contributed by atoms with Gasteiger partial charge in [0, 0.05) is 30.5 Å². The summed E-state index contributed by atoms with van der Waals surface area (Å²) in [7, 11) is 0. The quantitative estimate of drug-likeness (QED) is 0.645. The van der Waals surface area contributed by atoms with Crippen molar-refractivity contribution < 1.29 is 4.79 Å². The van der Waals surface area contributed by atoms with Gasteiger partial charge in [0.15, 0.2) is 5.16 Å². The number of likely N-dealkylation sites (tertiary alicyclic amines) is 1. The summed E-state index contributed by atoms with van der Waals surface area (Å²) in [5.74, 6) is 0.506. The molecule has 1 aliphatic heterocycles. The number of hydrogen-bond donors (Lipinski definition) is 1. The van der Waals surface area contributed by atoms with E-state index in [1.807, 2.05) is 24.8 Å². The van der Waals surface area contributed by atoms with Crippen molar-refractivity contribution >= 4 is 17.7 Å².